The van der Waals surface area contributed by atoms with Crippen molar-refractivity contribution in [3.05, 3.63) is 53.9 Å². The van der Waals surface area contributed by atoms with Crippen molar-refractivity contribution in [2.75, 3.05) is 26.2 Å². The van der Waals surface area contributed by atoms with E-state index in [1.807, 2.05) is 17.8 Å². The van der Waals surface area contributed by atoms with E-state index in [4.69, 9.17) is 0 Å². The average molecular weight is 373 g/mol. The van der Waals surface area contributed by atoms with Crippen LogP contribution < -0.4 is 10.6 Å². The van der Waals surface area contributed by atoms with Gasteiger partial charge in [0.1, 0.15) is 17.7 Å². The van der Waals surface area contributed by atoms with E-state index in [0.717, 1.165) is 32.5 Å². The number of amides is 2. The Kier molecular flexibility index (Phi) is 6.45. The van der Waals surface area contributed by atoms with Crippen LogP contribution in [0, 0.1) is 11.7 Å². The summed E-state index contributed by atoms with van der Waals surface area (Å²) in [5.41, 5.74) is 0.662. The third-order valence-electron chi connectivity index (χ3n) is 5.04. The van der Waals surface area contributed by atoms with E-state index in [9.17, 15) is 9.18 Å². The lowest BCUT2D eigenvalue weighted by atomic mass is 10.1. The number of halogens is 1. The average Bonchev–Trinajstić information content (AvgIpc) is 3.27. The van der Waals surface area contributed by atoms with Gasteiger partial charge in [0.2, 0.25) is 0 Å². The van der Waals surface area contributed by atoms with Crippen LogP contribution in [-0.2, 0) is 7.05 Å². The van der Waals surface area contributed by atoms with Gasteiger partial charge in [0.25, 0.3) is 0 Å². The van der Waals surface area contributed by atoms with E-state index in [-0.39, 0.29) is 11.8 Å². The third kappa shape index (κ3) is 5.07. The van der Waals surface area contributed by atoms with Gasteiger partial charge in [-0.2, -0.15) is 0 Å². The number of nitrogens with zero attached hydrogens (tertiary/aromatic N) is 3. The molecular formula is C20H28FN5O. The number of rotatable bonds is 7. The van der Waals surface area contributed by atoms with Crippen LogP contribution in [0.4, 0.5) is 9.18 Å². The summed E-state index contributed by atoms with van der Waals surface area (Å²) in [4.78, 5) is 19.3. The molecule has 2 atom stereocenters. The maximum absolute atomic E-state index is 13.7. The number of imidazole rings is 1. The lowest BCUT2D eigenvalue weighted by molar-refractivity contribution is 0.235. The minimum atomic E-state index is -0.513. The van der Waals surface area contributed by atoms with E-state index in [1.54, 1.807) is 18.3 Å². The summed E-state index contributed by atoms with van der Waals surface area (Å²) in [5.74, 6) is 0.796. The smallest absolute Gasteiger partial charge is 0.315 e. The number of likely N-dealkylation sites (tertiary alicyclic amines) is 1. The topological polar surface area (TPSA) is 62.2 Å². The molecule has 1 aliphatic heterocycles. The van der Waals surface area contributed by atoms with Crippen molar-refractivity contribution in [1.29, 1.82) is 0 Å². The Morgan fingerprint density at radius 1 is 1.44 bits per heavy atom. The van der Waals surface area contributed by atoms with Crippen molar-refractivity contribution in [2.24, 2.45) is 13.0 Å². The molecule has 0 radical (unpaired) electrons. The highest BCUT2D eigenvalue weighted by atomic mass is 19.1. The minimum Gasteiger partial charge on any atom is -0.338 e. The fourth-order valence-electron chi connectivity index (χ4n) is 3.66. The number of urea groups is 1. The molecule has 27 heavy (non-hydrogen) atoms. The molecule has 0 spiro atoms. The molecule has 2 heterocycles. The van der Waals surface area contributed by atoms with Crippen molar-refractivity contribution >= 4 is 6.03 Å². The first-order valence-corrected chi connectivity index (χ1v) is 9.56. The largest absolute Gasteiger partial charge is 0.338 e. The zero-order chi connectivity index (χ0) is 19.2. The monoisotopic (exact) mass is 373 g/mol. The quantitative estimate of drug-likeness (QED) is 0.784. The highest BCUT2D eigenvalue weighted by Gasteiger charge is 2.24. The van der Waals surface area contributed by atoms with Crippen LogP contribution in [-0.4, -0.2) is 46.7 Å². The summed E-state index contributed by atoms with van der Waals surface area (Å²) in [5, 5.41) is 5.93. The van der Waals surface area contributed by atoms with Crippen LogP contribution in [0.5, 0.6) is 0 Å². The second kappa shape index (κ2) is 8.99. The summed E-state index contributed by atoms with van der Waals surface area (Å²) >= 11 is 0. The molecule has 2 unspecified atom stereocenters. The first-order valence-electron chi connectivity index (χ1n) is 9.56. The van der Waals surface area contributed by atoms with Gasteiger partial charge in [0.05, 0.1) is 0 Å². The SMILES string of the molecule is CCCN1CCC(CNC(=O)NC(c2cccc(F)c2)c2nccn2C)C1. The standard InChI is InChI=1S/C20H28FN5O/c1-3-9-26-10-7-15(14-26)13-23-20(27)24-18(19-22-8-11-25(19)2)16-5-4-6-17(21)12-16/h4-6,8,11-12,15,18H,3,7,9-10,13-14H2,1-2H3,(H2,23,24,27). The number of hydrogen-bond acceptors (Lipinski definition) is 3. The second-order valence-corrected chi connectivity index (χ2v) is 7.19. The normalized spacial score (nSPS) is 18.4. The second-order valence-electron chi connectivity index (χ2n) is 7.19. The van der Waals surface area contributed by atoms with Crippen molar-refractivity contribution < 1.29 is 9.18 Å². The molecule has 1 saturated heterocycles. The molecule has 0 bridgehead atoms. The predicted octanol–water partition coefficient (Wildman–Crippen LogP) is 2.68. The predicted molar refractivity (Wildman–Crippen MR) is 103 cm³/mol. The lowest BCUT2D eigenvalue weighted by Crippen LogP contribution is -2.41. The maximum Gasteiger partial charge on any atom is 0.315 e. The Morgan fingerprint density at radius 2 is 2.30 bits per heavy atom. The zero-order valence-electron chi connectivity index (χ0n) is 16.0. The van der Waals surface area contributed by atoms with Crippen LogP contribution in [0.2, 0.25) is 0 Å². The molecular weight excluding hydrogens is 345 g/mol. The van der Waals surface area contributed by atoms with Gasteiger partial charge in [0, 0.05) is 32.5 Å². The summed E-state index contributed by atoms with van der Waals surface area (Å²) in [6.07, 6.45) is 5.73. The van der Waals surface area contributed by atoms with E-state index in [0.29, 0.717) is 23.9 Å². The summed E-state index contributed by atoms with van der Waals surface area (Å²) in [6.45, 7) is 6.07. The Bertz CT molecular complexity index is 762. The van der Waals surface area contributed by atoms with Crippen LogP contribution in [0.15, 0.2) is 36.7 Å². The summed E-state index contributed by atoms with van der Waals surface area (Å²) in [6, 6.07) is 5.48. The van der Waals surface area contributed by atoms with Gasteiger partial charge < -0.3 is 20.1 Å². The molecule has 1 aliphatic rings. The van der Waals surface area contributed by atoms with E-state index in [2.05, 4.69) is 27.4 Å². The van der Waals surface area contributed by atoms with Crippen molar-refractivity contribution in [2.45, 2.75) is 25.8 Å². The first kappa shape index (κ1) is 19.4. The van der Waals surface area contributed by atoms with Crippen molar-refractivity contribution in [1.82, 2.24) is 25.1 Å². The minimum absolute atomic E-state index is 0.263. The van der Waals surface area contributed by atoms with Crippen LogP contribution in [0.1, 0.15) is 37.2 Å². The Morgan fingerprint density at radius 3 is 3.00 bits per heavy atom. The number of nitrogens with one attached hydrogen (secondary N) is 2. The van der Waals surface area contributed by atoms with Gasteiger partial charge in [-0.25, -0.2) is 14.2 Å². The molecule has 2 N–H and O–H groups in total. The number of benzene rings is 1. The lowest BCUT2D eigenvalue weighted by Gasteiger charge is -2.20. The van der Waals surface area contributed by atoms with Crippen LogP contribution in [0.25, 0.3) is 0 Å². The fraction of sp³-hybridized carbons (Fsp3) is 0.500. The Labute approximate surface area is 159 Å². The number of carbonyl (C=O) groups is 1. The number of hydrogen-bond donors (Lipinski definition) is 2. The molecule has 0 aliphatic carbocycles. The highest BCUT2D eigenvalue weighted by Crippen LogP contribution is 2.21. The van der Waals surface area contributed by atoms with Gasteiger partial charge in [0.15, 0.2) is 0 Å². The molecule has 1 aromatic carbocycles. The van der Waals surface area contributed by atoms with Gasteiger partial charge >= 0.3 is 6.03 Å². The first-order chi connectivity index (χ1) is 13.1. The number of aryl methyl sites for hydroxylation is 1. The van der Waals surface area contributed by atoms with E-state index in [1.165, 1.54) is 12.1 Å². The molecule has 146 valence electrons. The third-order valence-corrected chi connectivity index (χ3v) is 5.04. The number of aromatic nitrogens is 2. The molecule has 6 nitrogen and oxygen atoms in total. The molecule has 0 saturated carbocycles. The molecule has 1 aromatic heterocycles. The number of carbonyl (C=O) groups excluding carboxylic acids is 1. The molecule has 7 heteroatoms. The molecule has 2 aromatic rings. The maximum atomic E-state index is 13.7. The van der Waals surface area contributed by atoms with Gasteiger partial charge in [-0.05, 0) is 49.5 Å². The molecule has 1 fully saturated rings. The highest BCUT2D eigenvalue weighted by molar-refractivity contribution is 5.74. The fourth-order valence-corrected chi connectivity index (χ4v) is 3.66. The van der Waals surface area contributed by atoms with Crippen molar-refractivity contribution in [3.63, 3.8) is 0 Å². The Balaban J connectivity index is 1.62. The van der Waals surface area contributed by atoms with Gasteiger partial charge in [-0.3, -0.25) is 0 Å². The van der Waals surface area contributed by atoms with E-state index < -0.39 is 6.04 Å². The van der Waals surface area contributed by atoms with Gasteiger partial charge in [-0.15, -0.1) is 0 Å². The zero-order valence-corrected chi connectivity index (χ0v) is 16.0. The molecule has 3 rings (SSSR count). The van der Waals surface area contributed by atoms with Crippen LogP contribution >= 0.6 is 0 Å². The van der Waals surface area contributed by atoms with E-state index >= 15 is 0 Å². The van der Waals surface area contributed by atoms with Crippen LogP contribution in [0.3, 0.4) is 0 Å². The van der Waals surface area contributed by atoms with Gasteiger partial charge in [-0.1, -0.05) is 19.1 Å². The molecule has 2 amide bonds. The Hall–Kier alpha value is -2.41. The summed E-state index contributed by atoms with van der Waals surface area (Å²) in [7, 11) is 1.86. The van der Waals surface area contributed by atoms with Crippen molar-refractivity contribution in [3.8, 4) is 0 Å². The summed E-state index contributed by atoms with van der Waals surface area (Å²) < 4.78 is 15.5.